The van der Waals surface area contributed by atoms with Crippen molar-refractivity contribution in [1.82, 2.24) is 39.5 Å². The summed E-state index contributed by atoms with van der Waals surface area (Å²) in [4.78, 5) is 21.3. The Balaban J connectivity index is 1.29. The van der Waals surface area contributed by atoms with Crippen LogP contribution in [-0.4, -0.2) is 39.5 Å². The topological polar surface area (TPSA) is 76.1 Å². The average molecular weight is 471 g/mol. The number of nitrogens with zero attached hydrogens (tertiary/aromatic N) is 4. The molecule has 4 aromatic heterocycles. The Morgan fingerprint density at radius 2 is 0.722 bits per heavy atom. The summed E-state index contributed by atoms with van der Waals surface area (Å²) in [6.45, 7) is 6.59. The number of aromatic amines is 4. The Labute approximate surface area is 206 Å². The monoisotopic (exact) mass is 470 g/mol. The molecule has 0 amide bonds. The SMILES string of the molecule is [C]1N2C=CN1C=c1ccc([nH]1)=CN1[C]N(C=C1)C=c1ccc([nH]1)=Cc1ccc([nH]1)C=c1ccc([nH]1)=C2. The van der Waals surface area contributed by atoms with Crippen LogP contribution in [0.1, 0.15) is 11.4 Å². The van der Waals surface area contributed by atoms with Crippen molar-refractivity contribution in [3.05, 3.63) is 130 Å². The van der Waals surface area contributed by atoms with Crippen molar-refractivity contribution in [3.8, 4) is 0 Å². The third-order valence-electron chi connectivity index (χ3n) is 5.90. The van der Waals surface area contributed by atoms with Crippen LogP contribution in [0, 0.1) is 13.3 Å². The maximum Gasteiger partial charge on any atom is 0.216 e. The quantitative estimate of drug-likeness (QED) is 0.279. The molecule has 0 saturated carbocycles. The van der Waals surface area contributed by atoms with E-state index in [9.17, 15) is 0 Å². The molecule has 36 heavy (non-hydrogen) atoms. The van der Waals surface area contributed by atoms with Crippen LogP contribution in [0.4, 0.5) is 0 Å². The third kappa shape index (κ3) is 4.27. The Morgan fingerprint density at radius 3 is 1.11 bits per heavy atom. The highest BCUT2D eigenvalue weighted by molar-refractivity contribution is 5.52. The third-order valence-corrected chi connectivity index (χ3v) is 5.90. The fourth-order valence-corrected chi connectivity index (χ4v) is 4.27. The molecular weight excluding hydrogens is 448 g/mol. The maximum atomic E-state index is 3.45. The van der Waals surface area contributed by atoms with Gasteiger partial charge in [-0.3, -0.25) is 0 Å². The molecule has 0 fully saturated rings. The zero-order valence-electron chi connectivity index (χ0n) is 19.2. The van der Waals surface area contributed by atoms with E-state index in [1.165, 1.54) is 0 Å². The van der Waals surface area contributed by atoms with Gasteiger partial charge in [0.25, 0.3) is 0 Å². The van der Waals surface area contributed by atoms with Crippen LogP contribution in [0.3, 0.4) is 0 Å². The van der Waals surface area contributed by atoms with Gasteiger partial charge in [-0.15, -0.1) is 0 Å². The Kier molecular flexibility index (Phi) is 4.73. The van der Waals surface area contributed by atoms with Crippen LogP contribution in [0.5, 0.6) is 0 Å². The standard InChI is InChI=1S/C28H22N8/c1-2-22-14-24-4-6-26(31-24)16-34-10-12-36(20-34)18-28-8-7-27(32-28)17-35-11-9-33(19-35)15-25-5-3-23(30-25)13-21(1)29-22/h1-18,29-32H. The molecule has 0 aromatic carbocycles. The number of fused-ring (bicyclic) bond motifs is 12. The Morgan fingerprint density at radius 1 is 0.389 bits per heavy atom. The van der Waals surface area contributed by atoms with E-state index in [1.54, 1.807) is 0 Å². The minimum Gasteiger partial charge on any atom is -0.355 e. The second-order valence-corrected chi connectivity index (χ2v) is 8.71. The summed E-state index contributed by atoms with van der Waals surface area (Å²) in [5, 5.41) is 5.95. The number of aromatic nitrogens is 4. The molecule has 4 radical (unpaired) electrons. The summed E-state index contributed by atoms with van der Waals surface area (Å²) in [6, 6.07) is 16.4. The van der Waals surface area contributed by atoms with Gasteiger partial charge in [0.15, 0.2) is 0 Å². The molecular formula is C28H22N8. The molecule has 4 N–H and O–H groups in total. The fraction of sp³-hybridized carbons (Fsp3) is 0. The molecule has 7 heterocycles. The van der Waals surface area contributed by atoms with E-state index in [0.29, 0.717) is 0 Å². The molecule has 4 aromatic rings. The first-order valence-corrected chi connectivity index (χ1v) is 11.6. The van der Waals surface area contributed by atoms with Crippen LogP contribution < -0.4 is 32.1 Å². The van der Waals surface area contributed by atoms with Gasteiger partial charge in [-0.25, -0.2) is 0 Å². The van der Waals surface area contributed by atoms with Crippen molar-refractivity contribution in [2.75, 3.05) is 0 Å². The lowest BCUT2D eigenvalue weighted by molar-refractivity contribution is 0.541. The van der Waals surface area contributed by atoms with Crippen molar-refractivity contribution in [1.29, 1.82) is 0 Å². The zero-order valence-corrected chi connectivity index (χ0v) is 19.2. The van der Waals surface area contributed by atoms with Gasteiger partial charge in [-0.2, -0.15) is 0 Å². The van der Waals surface area contributed by atoms with E-state index >= 15 is 0 Å². The minimum atomic E-state index is 0.971. The molecule has 3 aliphatic rings. The second-order valence-electron chi connectivity index (χ2n) is 8.71. The average Bonchev–Trinajstić information content (AvgIpc) is 3.68. The van der Waals surface area contributed by atoms with Crippen molar-refractivity contribution in [2.24, 2.45) is 0 Å². The van der Waals surface area contributed by atoms with Crippen molar-refractivity contribution in [2.45, 2.75) is 0 Å². The predicted molar refractivity (Wildman–Crippen MR) is 138 cm³/mol. The summed E-state index contributed by atoms with van der Waals surface area (Å²) in [5.41, 5.74) is 2.05. The first-order chi connectivity index (χ1) is 17.7. The van der Waals surface area contributed by atoms with Gasteiger partial charge in [0.1, 0.15) is 0 Å². The molecule has 0 spiro atoms. The van der Waals surface area contributed by atoms with Gasteiger partial charge in [-0.05, 0) is 60.7 Å². The van der Waals surface area contributed by atoms with E-state index in [1.807, 2.05) is 81.3 Å². The summed E-state index contributed by atoms with van der Waals surface area (Å²) in [5.74, 6) is 0. The van der Waals surface area contributed by atoms with Crippen LogP contribution in [0.2, 0.25) is 0 Å². The second kappa shape index (κ2) is 8.35. The van der Waals surface area contributed by atoms with E-state index in [0.717, 1.165) is 43.5 Å². The van der Waals surface area contributed by atoms with Crippen molar-refractivity contribution < 1.29 is 0 Å². The van der Waals surface area contributed by atoms with Crippen LogP contribution in [0.15, 0.2) is 73.3 Å². The highest BCUT2D eigenvalue weighted by Crippen LogP contribution is 2.12. The Bertz CT molecular complexity index is 1710. The summed E-state index contributed by atoms with van der Waals surface area (Å²) < 4.78 is 0. The molecule has 174 valence electrons. The number of rotatable bonds is 0. The molecule has 8 heteroatoms. The largest absolute Gasteiger partial charge is 0.355 e. The predicted octanol–water partition coefficient (Wildman–Crippen LogP) is -0.507. The van der Waals surface area contributed by atoms with Gasteiger partial charge < -0.3 is 39.5 Å². The van der Waals surface area contributed by atoms with Gasteiger partial charge in [-0.1, -0.05) is 0 Å². The number of H-pyrrole nitrogens is 4. The van der Waals surface area contributed by atoms with E-state index in [2.05, 4.69) is 81.8 Å². The summed E-state index contributed by atoms with van der Waals surface area (Å²) in [7, 11) is 0. The van der Waals surface area contributed by atoms with Gasteiger partial charge in [0, 0.05) is 71.7 Å². The number of hydrogen-bond acceptors (Lipinski definition) is 4. The molecule has 0 saturated heterocycles. The molecule has 0 aliphatic carbocycles. The van der Waals surface area contributed by atoms with E-state index < -0.39 is 0 Å². The van der Waals surface area contributed by atoms with Gasteiger partial charge in [0.2, 0.25) is 13.3 Å². The van der Waals surface area contributed by atoms with Crippen LogP contribution >= 0.6 is 0 Å². The first kappa shape index (κ1) is 20.4. The molecule has 0 unspecified atom stereocenters. The Hall–Kier alpha value is -4.98. The molecule has 8 nitrogen and oxygen atoms in total. The molecule has 3 aliphatic heterocycles. The number of nitrogens with one attached hydrogen (secondary N) is 4. The van der Waals surface area contributed by atoms with Crippen LogP contribution in [0.25, 0.3) is 37.0 Å². The summed E-state index contributed by atoms with van der Waals surface area (Å²) >= 11 is 0. The normalized spacial score (nSPS) is 16.4. The first-order valence-electron chi connectivity index (χ1n) is 11.6. The van der Waals surface area contributed by atoms with Crippen molar-refractivity contribution in [3.63, 3.8) is 0 Å². The number of hydrogen-bond donors (Lipinski definition) is 4. The van der Waals surface area contributed by atoms with E-state index in [-0.39, 0.29) is 0 Å². The fourth-order valence-electron chi connectivity index (χ4n) is 4.27. The van der Waals surface area contributed by atoms with Gasteiger partial charge >= 0.3 is 0 Å². The van der Waals surface area contributed by atoms with Crippen LogP contribution in [-0.2, 0) is 0 Å². The molecule has 12 bridgehead atoms. The lowest BCUT2D eigenvalue weighted by Crippen LogP contribution is -2.20. The smallest absolute Gasteiger partial charge is 0.216 e. The maximum absolute atomic E-state index is 3.45. The molecule has 7 rings (SSSR count). The van der Waals surface area contributed by atoms with Gasteiger partial charge in [0.05, 0.1) is 21.4 Å². The van der Waals surface area contributed by atoms with E-state index in [4.69, 9.17) is 0 Å². The lowest BCUT2D eigenvalue weighted by Gasteiger charge is -2.11. The molecule has 0 atom stereocenters. The summed E-state index contributed by atoms with van der Waals surface area (Å²) in [6.07, 6.45) is 20.0. The highest BCUT2D eigenvalue weighted by atomic mass is 15.3. The zero-order chi connectivity index (χ0) is 23.9. The highest BCUT2D eigenvalue weighted by Gasteiger charge is 2.12. The van der Waals surface area contributed by atoms with Crippen molar-refractivity contribution >= 4 is 37.0 Å². The minimum absolute atomic E-state index is 0.971. The lowest BCUT2D eigenvalue weighted by atomic mass is 10.3.